The van der Waals surface area contributed by atoms with Crippen molar-refractivity contribution in [3.8, 4) is 0 Å². The summed E-state index contributed by atoms with van der Waals surface area (Å²) in [5.74, 6) is -1.28. The summed E-state index contributed by atoms with van der Waals surface area (Å²) >= 11 is -3.60. The normalized spacial score (nSPS) is 22.0. The summed E-state index contributed by atoms with van der Waals surface area (Å²) in [6, 6.07) is 30.0. The molecule has 0 N–H and O–H groups in total. The molecule has 0 heterocycles. The molecule has 0 saturated heterocycles. The fourth-order valence-corrected chi connectivity index (χ4v) is 46.4. The van der Waals surface area contributed by atoms with Gasteiger partial charge in [0.2, 0.25) is 0 Å². The van der Waals surface area contributed by atoms with E-state index in [2.05, 4.69) is 121 Å². The standard InChI is InChI=1S/2C10H9.C7H9Si.2CH3.Zr/c2*1-8-6-9-4-2-3-5-10(9)7-8;1-8-7-5-3-2-4-6-7;;;/h2*2-7H,1H3;2-6,8H,1H3;2*1H3;. The zero-order chi connectivity index (χ0) is 21.8. The van der Waals surface area contributed by atoms with Crippen molar-refractivity contribution in [2.24, 2.45) is 0 Å². The van der Waals surface area contributed by atoms with Crippen molar-refractivity contribution in [3.05, 3.63) is 112 Å². The van der Waals surface area contributed by atoms with Crippen LogP contribution in [-0.4, -0.2) is 5.92 Å². The second kappa shape index (κ2) is 7.39. The third-order valence-electron chi connectivity index (χ3n) is 8.78. The van der Waals surface area contributed by atoms with E-state index in [1.54, 1.807) is 27.5 Å². The van der Waals surface area contributed by atoms with Crippen LogP contribution in [0.3, 0.4) is 0 Å². The predicted molar refractivity (Wildman–Crippen MR) is 136 cm³/mol. The summed E-state index contributed by atoms with van der Waals surface area (Å²) in [5.41, 5.74) is 9.31. The Bertz CT molecular complexity index is 1150. The molecule has 3 unspecified atom stereocenters. The van der Waals surface area contributed by atoms with Gasteiger partial charge in [0.05, 0.1) is 0 Å². The Kier molecular flexibility index (Phi) is 5.03. The monoisotopic (exact) mass is 499 g/mol. The molecule has 0 saturated carbocycles. The molecule has 3 atom stereocenters. The van der Waals surface area contributed by atoms with Gasteiger partial charge in [0.15, 0.2) is 0 Å². The van der Waals surface area contributed by atoms with Gasteiger partial charge in [0.1, 0.15) is 0 Å². The molecule has 2 aliphatic carbocycles. The van der Waals surface area contributed by atoms with Crippen LogP contribution in [0.1, 0.15) is 43.4 Å². The summed E-state index contributed by atoms with van der Waals surface area (Å²) in [6.07, 6.45) is 4.98. The van der Waals surface area contributed by atoms with Crippen molar-refractivity contribution in [3.63, 3.8) is 0 Å². The van der Waals surface area contributed by atoms with Gasteiger partial charge in [-0.2, -0.15) is 0 Å². The van der Waals surface area contributed by atoms with E-state index in [4.69, 9.17) is 0 Å². The van der Waals surface area contributed by atoms with Gasteiger partial charge >= 0.3 is 190 Å². The van der Waals surface area contributed by atoms with Crippen molar-refractivity contribution >= 4 is 23.3 Å². The van der Waals surface area contributed by atoms with Gasteiger partial charge in [-0.05, 0) is 0 Å². The average molecular weight is 501 g/mol. The third kappa shape index (κ3) is 3.02. The number of fused-ring (bicyclic) bond motifs is 2. The van der Waals surface area contributed by atoms with E-state index >= 15 is 0 Å². The Morgan fingerprint density at radius 2 is 1.03 bits per heavy atom. The minimum absolute atomic E-state index is 0.610. The van der Waals surface area contributed by atoms with Gasteiger partial charge in [-0.15, -0.1) is 0 Å². The molecule has 2 aliphatic rings. The molecule has 3 aromatic rings. The van der Waals surface area contributed by atoms with Crippen molar-refractivity contribution in [1.82, 2.24) is 0 Å². The van der Waals surface area contributed by atoms with E-state index in [0.29, 0.717) is 7.25 Å². The van der Waals surface area contributed by atoms with Gasteiger partial charge in [-0.25, -0.2) is 0 Å². The predicted octanol–water partition coefficient (Wildman–Crippen LogP) is 7.35. The topological polar surface area (TPSA) is 0 Å². The van der Waals surface area contributed by atoms with Crippen LogP contribution >= 0.6 is 0 Å². The molecule has 2 heteroatoms. The van der Waals surface area contributed by atoms with Crippen molar-refractivity contribution in [2.45, 2.75) is 36.9 Å². The first-order valence-corrected chi connectivity index (χ1v) is 25.9. The summed E-state index contributed by atoms with van der Waals surface area (Å²) in [5, 5.41) is 1.65. The fourth-order valence-electron chi connectivity index (χ4n) is 7.31. The van der Waals surface area contributed by atoms with Crippen LogP contribution in [0.2, 0.25) is 15.8 Å². The van der Waals surface area contributed by atoms with Gasteiger partial charge in [0, 0.05) is 0 Å². The van der Waals surface area contributed by atoms with Crippen LogP contribution in [0.5, 0.6) is 0 Å². The summed E-state index contributed by atoms with van der Waals surface area (Å²) in [7, 11) is 0. The fraction of sp³-hybridized carbons (Fsp3) is 0.241. The van der Waals surface area contributed by atoms with Crippen LogP contribution in [0.4, 0.5) is 0 Å². The van der Waals surface area contributed by atoms with E-state index in [9.17, 15) is 0 Å². The van der Waals surface area contributed by atoms with Gasteiger partial charge in [-0.1, -0.05) is 0 Å². The first kappa shape index (κ1) is 21.1. The van der Waals surface area contributed by atoms with Gasteiger partial charge < -0.3 is 0 Å². The average Bonchev–Trinajstić information content (AvgIpc) is 3.30. The molecule has 0 spiro atoms. The number of rotatable bonds is 4. The molecule has 0 radical (unpaired) electrons. The molecule has 0 aliphatic heterocycles. The Balaban J connectivity index is 1.81. The number of allylic oxidation sites excluding steroid dienone is 2. The summed E-state index contributed by atoms with van der Waals surface area (Å²) < 4.78 is 6.89. The van der Waals surface area contributed by atoms with E-state index in [-0.39, 0.29) is 0 Å². The van der Waals surface area contributed by atoms with Crippen LogP contribution in [0.15, 0.2) is 90.0 Å². The van der Waals surface area contributed by atoms with Crippen molar-refractivity contribution in [2.75, 3.05) is 0 Å². The second-order valence-corrected chi connectivity index (χ2v) is 46.3. The zero-order valence-corrected chi connectivity index (χ0v) is 23.0. The Labute approximate surface area is 189 Å². The van der Waals surface area contributed by atoms with Gasteiger partial charge in [0.25, 0.3) is 0 Å². The Morgan fingerprint density at radius 3 is 1.52 bits per heavy atom. The van der Waals surface area contributed by atoms with E-state index < -0.39 is 23.9 Å². The molecular formula is C29H33SiZr. The molecule has 0 nitrogen and oxygen atoms in total. The van der Waals surface area contributed by atoms with Crippen molar-refractivity contribution < 1.29 is 17.9 Å². The first-order chi connectivity index (χ1) is 14.8. The molecule has 0 bridgehead atoms. The summed E-state index contributed by atoms with van der Waals surface area (Å²) in [6.45, 7) is 7.51. The van der Waals surface area contributed by atoms with E-state index in [1.807, 2.05) is 0 Å². The third-order valence-corrected chi connectivity index (χ3v) is 52.2. The van der Waals surface area contributed by atoms with Crippen molar-refractivity contribution in [1.29, 1.82) is 0 Å². The Hall–Kier alpha value is -1.76. The number of hydrogen-bond donors (Lipinski definition) is 0. The Morgan fingerprint density at radius 1 is 0.613 bits per heavy atom. The molecule has 0 amide bonds. The molecule has 157 valence electrons. The SMILES string of the molecule is CC1=Cc2ccccc2[CH]1[Zr]([CH3])([CH3])([CH]1C(C)=Cc2ccccc21)[SiH](C)c1ccccc1. The van der Waals surface area contributed by atoms with E-state index in [1.165, 1.54) is 11.1 Å². The minimum atomic E-state index is -3.60. The maximum atomic E-state index is 2.83. The number of hydrogen-bond acceptors (Lipinski definition) is 0. The molecular weight excluding hydrogens is 468 g/mol. The zero-order valence-electron chi connectivity index (χ0n) is 19.4. The van der Waals surface area contributed by atoms with E-state index in [0.717, 1.165) is 0 Å². The molecule has 5 rings (SSSR count). The molecule has 3 aromatic carbocycles. The van der Waals surface area contributed by atoms with Crippen LogP contribution < -0.4 is 5.19 Å². The molecule has 31 heavy (non-hydrogen) atoms. The second-order valence-electron chi connectivity index (χ2n) is 10.8. The summed E-state index contributed by atoms with van der Waals surface area (Å²) in [4.78, 5) is 0. The van der Waals surface area contributed by atoms with Gasteiger partial charge in [-0.3, -0.25) is 0 Å². The van der Waals surface area contributed by atoms with Crippen LogP contribution in [0.25, 0.3) is 12.2 Å². The molecule has 0 fully saturated rings. The first-order valence-electron chi connectivity index (χ1n) is 11.6. The van der Waals surface area contributed by atoms with Crippen LogP contribution in [-0.2, 0) is 17.9 Å². The molecule has 0 aromatic heterocycles. The maximum absolute atomic E-state index is 3.60. The number of benzene rings is 3. The van der Waals surface area contributed by atoms with Crippen LogP contribution in [0, 0.1) is 0 Å². The quantitative estimate of drug-likeness (QED) is 0.329.